The van der Waals surface area contributed by atoms with E-state index in [1.54, 1.807) is 12.1 Å². The van der Waals surface area contributed by atoms with Gasteiger partial charge in [-0.2, -0.15) is 0 Å². The van der Waals surface area contributed by atoms with E-state index in [-0.39, 0.29) is 24.0 Å². The number of hydrogen-bond donors (Lipinski definition) is 2. The lowest BCUT2D eigenvalue weighted by molar-refractivity contribution is 0.0757. The molecule has 1 aromatic carbocycles. The van der Waals surface area contributed by atoms with Crippen molar-refractivity contribution in [3.8, 4) is 0 Å². The van der Waals surface area contributed by atoms with Crippen LogP contribution >= 0.6 is 0 Å². The van der Waals surface area contributed by atoms with Gasteiger partial charge < -0.3 is 10.4 Å². The summed E-state index contributed by atoms with van der Waals surface area (Å²) in [6, 6.07) is 6.93. The fraction of sp³-hybridized carbons (Fsp3) is 0.647. The van der Waals surface area contributed by atoms with Crippen molar-refractivity contribution in [2.45, 2.75) is 45.2 Å². The van der Waals surface area contributed by atoms with Gasteiger partial charge in [-0.3, -0.25) is 4.90 Å². The molecule has 2 N–H and O–H groups in total. The highest BCUT2D eigenvalue weighted by Gasteiger charge is 2.23. The molecule has 0 radical (unpaired) electrons. The van der Waals surface area contributed by atoms with Crippen LogP contribution in [0.3, 0.4) is 0 Å². The predicted octanol–water partition coefficient (Wildman–Crippen LogP) is 2.96. The third kappa shape index (κ3) is 5.73. The zero-order valence-corrected chi connectivity index (χ0v) is 13.7. The van der Waals surface area contributed by atoms with E-state index in [1.807, 2.05) is 27.0 Å². The molecule has 0 amide bonds. The minimum Gasteiger partial charge on any atom is -0.394 e. The number of hydrogen-bond acceptors (Lipinski definition) is 3. The maximum absolute atomic E-state index is 13.4. The SMILES string of the molecule is CCCNC(CCN(C)C(C)(C)CO)c1cccc(F)c1. The molecule has 0 spiro atoms. The van der Waals surface area contributed by atoms with Crippen molar-refractivity contribution in [2.75, 3.05) is 26.7 Å². The Morgan fingerprint density at radius 1 is 1.38 bits per heavy atom. The van der Waals surface area contributed by atoms with Crippen molar-refractivity contribution in [3.05, 3.63) is 35.6 Å². The summed E-state index contributed by atoms with van der Waals surface area (Å²) >= 11 is 0. The predicted molar refractivity (Wildman–Crippen MR) is 85.8 cm³/mol. The lowest BCUT2D eigenvalue weighted by Crippen LogP contribution is -2.45. The molecule has 21 heavy (non-hydrogen) atoms. The molecule has 0 heterocycles. The molecular formula is C17H29FN2O. The van der Waals surface area contributed by atoms with Crippen LogP contribution < -0.4 is 5.32 Å². The van der Waals surface area contributed by atoms with E-state index in [4.69, 9.17) is 0 Å². The van der Waals surface area contributed by atoms with Gasteiger partial charge in [0.05, 0.1) is 6.61 Å². The number of halogens is 1. The second kappa shape index (κ2) is 8.47. The quantitative estimate of drug-likeness (QED) is 0.735. The molecule has 3 nitrogen and oxygen atoms in total. The summed E-state index contributed by atoms with van der Waals surface area (Å²) in [5.74, 6) is -0.195. The van der Waals surface area contributed by atoms with Crippen LogP contribution in [0, 0.1) is 5.82 Å². The Kier molecular flexibility index (Phi) is 7.29. The fourth-order valence-electron chi connectivity index (χ4n) is 2.17. The molecule has 1 unspecified atom stereocenters. The Morgan fingerprint density at radius 2 is 2.10 bits per heavy atom. The Balaban J connectivity index is 2.71. The summed E-state index contributed by atoms with van der Waals surface area (Å²) < 4.78 is 13.4. The Morgan fingerprint density at radius 3 is 2.67 bits per heavy atom. The van der Waals surface area contributed by atoms with E-state index >= 15 is 0 Å². The first-order valence-corrected chi connectivity index (χ1v) is 7.71. The summed E-state index contributed by atoms with van der Waals surface area (Å²) in [6.45, 7) is 8.03. The zero-order valence-electron chi connectivity index (χ0n) is 13.7. The molecule has 0 fully saturated rings. The highest BCUT2D eigenvalue weighted by Crippen LogP contribution is 2.20. The smallest absolute Gasteiger partial charge is 0.123 e. The zero-order chi connectivity index (χ0) is 15.9. The van der Waals surface area contributed by atoms with Crippen LogP contribution in [0.4, 0.5) is 4.39 Å². The summed E-state index contributed by atoms with van der Waals surface area (Å²) in [5, 5.41) is 12.9. The first-order chi connectivity index (χ1) is 9.90. The maximum atomic E-state index is 13.4. The average molecular weight is 296 g/mol. The molecule has 1 rings (SSSR count). The Bertz CT molecular complexity index is 423. The van der Waals surface area contributed by atoms with E-state index in [1.165, 1.54) is 6.07 Å². The molecule has 1 aromatic rings. The molecule has 4 heteroatoms. The monoisotopic (exact) mass is 296 g/mol. The third-order valence-electron chi connectivity index (χ3n) is 4.07. The first-order valence-electron chi connectivity index (χ1n) is 7.71. The van der Waals surface area contributed by atoms with Crippen LogP contribution in [-0.4, -0.2) is 42.3 Å². The number of nitrogens with zero attached hydrogens (tertiary/aromatic N) is 1. The number of aliphatic hydroxyl groups excluding tert-OH is 1. The van der Waals surface area contributed by atoms with Gasteiger partial charge in [-0.1, -0.05) is 19.1 Å². The minimum atomic E-state index is -0.239. The second-order valence-electron chi connectivity index (χ2n) is 6.24. The summed E-state index contributed by atoms with van der Waals surface area (Å²) in [4.78, 5) is 2.15. The molecule has 0 aromatic heterocycles. The van der Waals surface area contributed by atoms with Crippen LogP contribution in [0.1, 0.15) is 45.2 Å². The molecule has 0 saturated heterocycles. The molecular weight excluding hydrogens is 267 g/mol. The summed E-state index contributed by atoms with van der Waals surface area (Å²) in [5.41, 5.74) is 0.746. The van der Waals surface area contributed by atoms with Gasteiger partial charge in [0.1, 0.15) is 5.82 Å². The Labute approximate surface area is 128 Å². The Hall–Kier alpha value is -0.970. The van der Waals surface area contributed by atoms with Crippen molar-refractivity contribution < 1.29 is 9.50 Å². The van der Waals surface area contributed by atoms with Crippen LogP contribution in [0.25, 0.3) is 0 Å². The van der Waals surface area contributed by atoms with E-state index in [9.17, 15) is 9.50 Å². The van der Waals surface area contributed by atoms with Crippen molar-refractivity contribution in [1.29, 1.82) is 0 Å². The average Bonchev–Trinajstić information content (AvgIpc) is 2.47. The fourth-order valence-corrected chi connectivity index (χ4v) is 2.17. The molecule has 0 saturated carbocycles. The first kappa shape index (κ1) is 18.1. The van der Waals surface area contributed by atoms with Gasteiger partial charge in [0.2, 0.25) is 0 Å². The summed E-state index contributed by atoms with van der Waals surface area (Å²) in [6.07, 6.45) is 1.92. The number of rotatable bonds is 9. The molecule has 0 aliphatic rings. The molecule has 0 aliphatic carbocycles. The number of likely N-dealkylation sites (N-methyl/N-ethyl adjacent to an activating group) is 1. The molecule has 0 bridgehead atoms. The number of aliphatic hydroxyl groups is 1. The topological polar surface area (TPSA) is 35.5 Å². The van der Waals surface area contributed by atoms with E-state index < -0.39 is 0 Å². The standard InChI is InChI=1S/C17H29FN2O/c1-5-10-19-16(14-7-6-8-15(18)12-14)9-11-20(4)17(2,3)13-21/h6-8,12,16,19,21H,5,9-11,13H2,1-4H3. The molecule has 0 aliphatic heterocycles. The van der Waals surface area contributed by atoms with Crippen LogP contribution in [0.2, 0.25) is 0 Å². The van der Waals surface area contributed by atoms with Gasteiger partial charge in [-0.15, -0.1) is 0 Å². The van der Waals surface area contributed by atoms with Gasteiger partial charge in [0, 0.05) is 18.1 Å². The van der Waals surface area contributed by atoms with Gasteiger partial charge in [0.25, 0.3) is 0 Å². The van der Waals surface area contributed by atoms with Gasteiger partial charge in [-0.05, 0) is 58.0 Å². The molecule has 1 atom stereocenters. The van der Waals surface area contributed by atoms with Crippen molar-refractivity contribution in [1.82, 2.24) is 10.2 Å². The van der Waals surface area contributed by atoms with Gasteiger partial charge >= 0.3 is 0 Å². The van der Waals surface area contributed by atoms with Gasteiger partial charge in [0.15, 0.2) is 0 Å². The van der Waals surface area contributed by atoms with E-state index in [0.29, 0.717) is 0 Å². The minimum absolute atomic E-state index is 0.122. The maximum Gasteiger partial charge on any atom is 0.123 e. The number of nitrogens with one attached hydrogen (secondary N) is 1. The van der Waals surface area contributed by atoms with Crippen molar-refractivity contribution in [3.63, 3.8) is 0 Å². The normalized spacial score (nSPS) is 13.7. The highest BCUT2D eigenvalue weighted by atomic mass is 19.1. The van der Waals surface area contributed by atoms with Gasteiger partial charge in [-0.25, -0.2) is 4.39 Å². The largest absolute Gasteiger partial charge is 0.394 e. The summed E-state index contributed by atoms with van der Waals surface area (Å²) in [7, 11) is 2.01. The van der Waals surface area contributed by atoms with E-state index in [2.05, 4.69) is 17.1 Å². The second-order valence-corrected chi connectivity index (χ2v) is 6.24. The lowest BCUT2D eigenvalue weighted by Gasteiger charge is -2.35. The van der Waals surface area contributed by atoms with E-state index in [0.717, 1.165) is 31.5 Å². The highest BCUT2D eigenvalue weighted by molar-refractivity contribution is 5.20. The number of benzene rings is 1. The van der Waals surface area contributed by atoms with Crippen molar-refractivity contribution in [2.24, 2.45) is 0 Å². The van der Waals surface area contributed by atoms with Crippen LogP contribution in [0.5, 0.6) is 0 Å². The van der Waals surface area contributed by atoms with Crippen LogP contribution in [0.15, 0.2) is 24.3 Å². The molecule has 120 valence electrons. The lowest BCUT2D eigenvalue weighted by atomic mass is 10.0. The van der Waals surface area contributed by atoms with Crippen LogP contribution in [-0.2, 0) is 0 Å². The van der Waals surface area contributed by atoms with Crippen molar-refractivity contribution >= 4 is 0 Å². The third-order valence-corrected chi connectivity index (χ3v) is 4.07.